The van der Waals surface area contributed by atoms with Gasteiger partial charge in [-0.2, -0.15) is 0 Å². The monoisotopic (exact) mass is 261 g/mol. The first-order chi connectivity index (χ1) is 9.10. The molecular formula is C15H16FNO2. The molecule has 0 amide bonds. The van der Waals surface area contributed by atoms with Crippen LogP contribution in [0.15, 0.2) is 36.5 Å². The largest absolute Gasteiger partial charge is 0.481 e. The summed E-state index contributed by atoms with van der Waals surface area (Å²) >= 11 is 0. The average molecular weight is 261 g/mol. The fraction of sp³-hybridized carbons (Fsp3) is 0.267. The highest BCUT2D eigenvalue weighted by Gasteiger charge is 2.12. The molecule has 0 bridgehead atoms. The zero-order valence-electron chi connectivity index (χ0n) is 10.9. The molecule has 100 valence electrons. The van der Waals surface area contributed by atoms with Gasteiger partial charge >= 0.3 is 0 Å². The van der Waals surface area contributed by atoms with Gasteiger partial charge in [-0.15, -0.1) is 0 Å². The summed E-state index contributed by atoms with van der Waals surface area (Å²) in [5, 5.41) is 10.2. The number of aromatic nitrogens is 1. The smallest absolute Gasteiger partial charge is 0.212 e. The fourth-order valence-corrected chi connectivity index (χ4v) is 2.00. The van der Waals surface area contributed by atoms with Gasteiger partial charge < -0.3 is 9.84 Å². The minimum absolute atomic E-state index is 0.292. The van der Waals surface area contributed by atoms with Gasteiger partial charge in [0.2, 0.25) is 5.88 Å². The third-order valence-corrected chi connectivity index (χ3v) is 3.03. The van der Waals surface area contributed by atoms with Crippen LogP contribution < -0.4 is 4.74 Å². The van der Waals surface area contributed by atoms with Gasteiger partial charge in [0.15, 0.2) is 0 Å². The van der Waals surface area contributed by atoms with Crippen molar-refractivity contribution < 1.29 is 14.2 Å². The van der Waals surface area contributed by atoms with Crippen molar-refractivity contribution in [3.05, 3.63) is 59.0 Å². The lowest BCUT2D eigenvalue weighted by atomic mass is 9.98. The maximum Gasteiger partial charge on any atom is 0.212 e. The molecule has 0 saturated carbocycles. The number of hydrogen-bond donors (Lipinski definition) is 1. The lowest BCUT2D eigenvalue weighted by molar-refractivity contribution is 0.177. The summed E-state index contributed by atoms with van der Waals surface area (Å²) in [6, 6.07) is 8.00. The molecule has 19 heavy (non-hydrogen) atoms. The van der Waals surface area contributed by atoms with E-state index in [2.05, 4.69) is 4.98 Å². The van der Waals surface area contributed by atoms with E-state index in [0.29, 0.717) is 12.3 Å². The van der Waals surface area contributed by atoms with Crippen LogP contribution >= 0.6 is 0 Å². The minimum Gasteiger partial charge on any atom is -0.481 e. The molecule has 0 spiro atoms. The van der Waals surface area contributed by atoms with E-state index >= 15 is 0 Å². The first-order valence-corrected chi connectivity index (χ1v) is 6.03. The number of pyridine rings is 1. The van der Waals surface area contributed by atoms with Crippen molar-refractivity contribution in [3.63, 3.8) is 0 Å². The normalized spacial score (nSPS) is 12.2. The van der Waals surface area contributed by atoms with E-state index in [0.717, 1.165) is 16.7 Å². The summed E-state index contributed by atoms with van der Waals surface area (Å²) in [6.07, 6.45) is 1.43. The molecule has 0 saturated heterocycles. The number of benzene rings is 1. The van der Waals surface area contributed by atoms with E-state index in [1.54, 1.807) is 32.4 Å². The number of hydrogen-bond acceptors (Lipinski definition) is 3. The van der Waals surface area contributed by atoms with Gasteiger partial charge in [0.1, 0.15) is 5.82 Å². The number of nitrogens with zero attached hydrogens (tertiary/aromatic N) is 1. The van der Waals surface area contributed by atoms with E-state index < -0.39 is 6.10 Å². The van der Waals surface area contributed by atoms with Gasteiger partial charge in [0.05, 0.1) is 13.2 Å². The molecule has 0 fully saturated rings. The topological polar surface area (TPSA) is 42.4 Å². The molecule has 1 atom stereocenters. The maximum absolute atomic E-state index is 13.0. The molecule has 1 heterocycles. The van der Waals surface area contributed by atoms with Crippen LogP contribution in [0.25, 0.3) is 0 Å². The van der Waals surface area contributed by atoms with Crippen molar-refractivity contribution in [2.45, 2.75) is 19.4 Å². The summed E-state index contributed by atoms with van der Waals surface area (Å²) in [4.78, 5) is 4.09. The molecule has 3 nitrogen and oxygen atoms in total. The van der Waals surface area contributed by atoms with Crippen molar-refractivity contribution >= 4 is 0 Å². The minimum atomic E-state index is -0.671. The summed E-state index contributed by atoms with van der Waals surface area (Å²) in [7, 11) is 1.55. The molecule has 4 heteroatoms. The maximum atomic E-state index is 13.0. The number of aliphatic hydroxyl groups excluding tert-OH is 1. The summed E-state index contributed by atoms with van der Waals surface area (Å²) in [5.41, 5.74) is 2.38. The third kappa shape index (κ3) is 3.29. The predicted molar refractivity (Wildman–Crippen MR) is 70.6 cm³/mol. The first-order valence-electron chi connectivity index (χ1n) is 6.03. The van der Waals surface area contributed by atoms with E-state index in [-0.39, 0.29) is 5.82 Å². The third-order valence-electron chi connectivity index (χ3n) is 3.03. The second-order valence-corrected chi connectivity index (χ2v) is 4.43. The summed E-state index contributed by atoms with van der Waals surface area (Å²) in [6.45, 7) is 1.79. The van der Waals surface area contributed by atoms with Crippen LogP contribution in [0.4, 0.5) is 4.39 Å². The van der Waals surface area contributed by atoms with Gasteiger partial charge in [-0.05, 0) is 35.7 Å². The summed E-state index contributed by atoms with van der Waals surface area (Å²) < 4.78 is 18.0. The van der Waals surface area contributed by atoms with Crippen molar-refractivity contribution in [1.29, 1.82) is 0 Å². The van der Waals surface area contributed by atoms with Gasteiger partial charge in [0.25, 0.3) is 0 Å². The zero-order valence-corrected chi connectivity index (χ0v) is 10.9. The molecule has 1 aromatic carbocycles. The van der Waals surface area contributed by atoms with E-state index in [9.17, 15) is 9.50 Å². The number of ether oxygens (including phenoxy) is 1. The lowest BCUT2D eigenvalue weighted by Gasteiger charge is -2.14. The van der Waals surface area contributed by atoms with Crippen molar-refractivity contribution in [2.75, 3.05) is 7.11 Å². The Balaban J connectivity index is 2.13. The predicted octanol–water partition coefficient (Wildman–Crippen LogP) is 2.81. The number of methoxy groups -OCH3 is 1. The lowest BCUT2D eigenvalue weighted by Crippen LogP contribution is -2.04. The average Bonchev–Trinajstić information content (AvgIpc) is 2.39. The van der Waals surface area contributed by atoms with Crippen LogP contribution in [-0.4, -0.2) is 17.2 Å². The molecule has 1 unspecified atom stereocenters. The van der Waals surface area contributed by atoms with Crippen molar-refractivity contribution in [3.8, 4) is 5.88 Å². The highest BCUT2D eigenvalue weighted by atomic mass is 19.1. The molecular weight excluding hydrogens is 245 g/mol. The van der Waals surface area contributed by atoms with Crippen LogP contribution in [0.1, 0.15) is 22.8 Å². The highest BCUT2D eigenvalue weighted by molar-refractivity contribution is 5.30. The van der Waals surface area contributed by atoms with Gasteiger partial charge in [-0.25, -0.2) is 9.37 Å². The number of rotatable bonds is 4. The molecule has 1 aromatic heterocycles. The molecule has 2 aromatic rings. The molecule has 2 rings (SSSR count). The molecule has 0 radical (unpaired) electrons. The van der Waals surface area contributed by atoms with E-state index in [1.165, 1.54) is 12.1 Å². The Morgan fingerprint density at radius 2 is 2.11 bits per heavy atom. The second-order valence-electron chi connectivity index (χ2n) is 4.43. The number of halogens is 1. The fourth-order valence-electron chi connectivity index (χ4n) is 2.00. The quantitative estimate of drug-likeness (QED) is 0.920. The Hall–Kier alpha value is -1.94. The highest BCUT2D eigenvalue weighted by Crippen LogP contribution is 2.22. The Bertz CT molecular complexity index is 555. The number of aliphatic hydroxyl groups is 1. The molecule has 0 aliphatic carbocycles. The van der Waals surface area contributed by atoms with Crippen molar-refractivity contribution in [2.24, 2.45) is 0 Å². The molecule has 0 aliphatic rings. The standard InChI is InChI=1S/C15H16FNO2/c1-10-7-12(16)4-5-13(10)14(18)8-11-3-6-15(19-2)17-9-11/h3-7,9,14,18H,8H2,1-2H3. The molecule has 0 aliphatic heterocycles. The van der Waals surface area contributed by atoms with Crippen LogP contribution in [0.3, 0.4) is 0 Å². The molecule has 1 N–H and O–H groups in total. The van der Waals surface area contributed by atoms with Gasteiger partial charge in [-0.3, -0.25) is 0 Å². The van der Waals surface area contributed by atoms with Gasteiger partial charge in [-0.1, -0.05) is 12.1 Å². The van der Waals surface area contributed by atoms with Crippen LogP contribution in [0.2, 0.25) is 0 Å². The number of aryl methyl sites for hydroxylation is 1. The Kier molecular flexibility index (Phi) is 4.12. The summed E-state index contributed by atoms with van der Waals surface area (Å²) in [5.74, 6) is 0.246. The zero-order chi connectivity index (χ0) is 13.8. The van der Waals surface area contributed by atoms with Gasteiger partial charge in [0, 0.05) is 18.7 Å². The first kappa shape index (κ1) is 13.5. The van der Waals surface area contributed by atoms with Crippen LogP contribution in [0, 0.1) is 12.7 Å². The van der Waals surface area contributed by atoms with Crippen molar-refractivity contribution in [1.82, 2.24) is 4.98 Å². The Morgan fingerprint density at radius 1 is 1.32 bits per heavy atom. The van der Waals surface area contributed by atoms with E-state index in [1.807, 2.05) is 6.07 Å². The van der Waals surface area contributed by atoms with E-state index in [4.69, 9.17) is 4.74 Å². The Labute approximate surface area is 111 Å². The Morgan fingerprint density at radius 3 is 2.68 bits per heavy atom. The van der Waals surface area contributed by atoms with Crippen LogP contribution in [0.5, 0.6) is 5.88 Å². The SMILES string of the molecule is COc1ccc(CC(O)c2ccc(F)cc2C)cn1. The second kappa shape index (κ2) is 5.80. The van der Waals surface area contributed by atoms with Crippen LogP contribution in [-0.2, 0) is 6.42 Å².